The molecule has 4 heteroatoms. The van der Waals surface area contributed by atoms with Crippen LogP contribution in [0.1, 0.15) is 22.4 Å². The summed E-state index contributed by atoms with van der Waals surface area (Å²) in [4.78, 5) is 0. The second-order valence-corrected chi connectivity index (χ2v) is 4.40. The zero-order valence-corrected chi connectivity index (χ0v) is 10.6. The number of nitrogen functional groups attached to an aromatic ring is 1. The van der Waals surface area contributed by atoms with E-state index in [0.29, 0.717) is 17.1 Å². The maximum Gasteiger partial charge on any atom is 0.126 e. The van der Waals surface area contributed by atoms with Gasteiger partial charge in [-0.05, 0) is 50.1 Å². The Labute approximate surface area is 105 Å². The van der Waals surface area contributed by atoms with Crippen LogP contribution in [0.3, 0.4) is 0 Å². The van der Waals surface area contributed by atoms with E-state index in [1.165, 1.54) is 12.1 Å². The molecule has 2 N–H and O–H groups in total. The highest BCUT2D eigenvalue weighted by Crippen LogP contribution is 2.28. The molecule has 2 aromatic rings. The molecule has 3 nitrogen and oxygen atoms in total. The molecule has 0 spiro atoms. The lowest BCUT2D eigenvalue weighted by molar-refractivity contribution is 0.625. The van der Waals surface area contributed by atoms with Gasteiger partial charge in [0.05, 0.1) is 11.3 Å². The number of rotatable bonds is 1. The van der Waals surface area contributed by atoms with Gasteiger partial charge in [0.25, 0.3) is 0 Å². The third kappa shape index (κ3) is 1.74. The number of nitrogens with two attached hydrogens (primary N) is 1. The lowest BCUT2D eigenvalue weighted by Gasteiger charge is -2.10. The molecule has 0 atom stereocenters. The zero-order valence-electron chi connectivity index (χ0n) is 10.6. The van der Waals surface area contributed by atoms with E-state index in [1.54, 1.807) is 4.57 Å². The predicted molar refractivity (Wildman–Crippen MR) is 69.1 cm³/mol. The van der Waals surface area contributed by atoms with Gasteiger partial charge >= 0.3 is 0 Å². The molecule has 0 bridgehead atoms. The van der Waals surface area contributed by atoms with Gasteiger partial charge in [0, 0.05) is 5.69 Å². The van der Waals surface area contributed by atoms with Gasteiger partial charge in [0.1, 0.15) is 17.7 Å². The van der Waals surface area contributed by atoms with Gasteiger partial charge in [0.2, 0.25) is 0 Å². The van der Waals surface area contributed by atoms with Crippen molar-refractivity contribution in [2.24, 2.45) is 0 Å². The van der Waals surface area contributed by atoms with Crippen molar-refractivity contribution in [2.75, 3.05) is 5.73 Å². The van der Waals surface area contributed by atoms with Crippen molar-refractivity contribution in [1.82, 2.24) is 4.57 Å². The van der Waals surface area contributed by atoms with Crippen LogP contribution in [-0.4, -0.2) is 4.57 Å². The van der Waals surface area contributed by atoms with Crippen LogP contribution in [0.5, 0.6) is 0 Å². The van der Waals surface area contributed by atoms with Gasteiger partial charge < -0.3 is 5.73 Å². The fraction of sp³-hybridized carbons (Fsp3) is 0.214. The van der Waals surface area contributed by atoms with E-state index >= 15 is 0 Å². The molecule has 0 aliphatic rings. The fourth-order valence-corrected chi connectivity index (χ4v) is 2.15. The Morgan fingerprint density at radius 1 is 1.22 bits per heavy atom. The first-order valence-corrected chi connectivity index (χ1v) is 5.60. The van der Waals surface area contributed by atoms with Gasteiger partial charge in [-0.2, -0.15) is 5.26 Å². The Balaban J connectivity index is 2.76. The number of nitriles is 1. The fourth-order valence-electron chi connectivity index (χ4n) is 2.15. The van der Waals surface area contributed by atoms with Crippen molar-refractivity contribution in [1.29, 1.82) is 5.26 Å². The summed E-state index contributed by atoms with van der Waals surface area (Å²) in [6, 6.07) is 6.79. The van der Waals surface area contributed by atoms with E-state index in [4.69, 9.17) is 11.0 Å². The Kier molecular flexibility index (Phi) is 2.84. The van der Waals surface area contributed by atoms with Crippen LogP contribution in [-0.2, 0) is 0 Å². The van der Waals surface area contributed by atoms with Crippen LogP contribution in [0, 0.1) is 37.9 Å². The third-order valence-corrected chi connectivity index (χ3v) is 3.15. The van der Waals surface area contributed by atoms with Crippen LogP contribution in [0.15, 0.2) is 18.2 Å². The van der Waals surface area contributed by atoms with Crippen LogP contribution >= 0.6 is 0 Å². The Hall–Kier alpha value is -2.28. The summed E-state index contributed by atoms with van der Waals surface area (Å²) in [7, 11) is 0. The quantitative estimate of drug-likeness (QED) is 0.837. The normalized spacial score (nSPS) is 10.4. The molecule has 0 saturated carbocycles. The molecule has 0 amide bonds. The smallest absolute Gasteiger partial charge is 0.126 e. The highest BCUT2D eigenvalue weighted by molar-refractivity contribution is 5.62. The maximum atomic E-state index is 13.4. The topological polar surface area (TPSA) is 54.7 Å². The van der Waals surface area contributed by atoms with Gasteiger partial charge in [-0.15, -0.1) is 0 Å². The summed E-state index contributed by atoms with van der Waals surface area (Å²) in [5.74, 6) is 0.0474. The van der Waals surface area contributed by atoms with Gasteiger partial charge in [-0.25, -0.2) is 4.39 Å². The molecule has 1 aromatic carbocycles. The number of hydrogen-bond donors (Lipinski definition) is 1. The first kappa shape index (κ1) is 12.2. The monoisotopic (exact) mass is 243 g/mol. The van der Waals surface area contributed by atoms with E-state index in [1.807, 2.05) is 26.8 Å². The summed E-state index contributed by atoms with van der Waals surface area (Å²) in [5, 5.41) is 9.08. The largest absolute Gasteiger partial charge is 0.384 e. The summed E-state index contributed by atoms with van der Waals surface area (Å²) >= 11 is 0. The van der Waals surface area contributed by atoms with Crippen LogP contribution < -0.4 is 5.73 Å². The molecule has 0 aliphatic heterocycles. The molecule has 2 rings (SSSR count). The second-order valence-electron chi connectivity index (χ2n) is 4.40. The first-order valence-electron chi connectivity index (χ1n) is 5.60. The van der Waals surface area contributed by atoms with Crippen LogP contribution in [0.25, 0.3) is 5.69 Å². The molecule has 18 heavy (non-hydrogen) atoms. The van der Waals surface area contributed by atoms with Crippen molar-refractivity contribution in [2.45, 2.75) is 20.8 Å². The van der Waals surface area contributed by atoms with E-state index in [9.17, 15) is 4.39 Å². The number of halogens is 1. The number of aryl methyl sites for hydroxylation is 1. The van der Waals surface area contributed by atoms with Gasteiger partial charge in [-0.3, -0.25) is 4.57 Å². The van der Waals surface area contributed by atoms with E-state index < -0.39 is 0 Å². The molecule has 0 radical (unpaired) electrons. The lowest BCUT2D eigenvalue weighted by atomic mass is 10.2. The minimum absolute atomic E-state index is 0.311. The molecular formula is C14H14FN3. The molecule has 0 unspecified atom stereocenters. The Morgan fingerprint density at radius 3 is 2.39 bits per heavy atom. The first-order chi connectivity index (χ1) is 8.45. The van der Waals surface area contributed by atoms with E-state index in [0.717, 1.165) is 16.8 Å². The van der Waals surface area contributed by atoms with Crippen molar-refractivity contribution < 1.29 is 4.39 Å². The molecular weight excluding hydrogens is 229 g/mol. The highest BCUT2D eigenvalue weighted by Gasteiger charge is 2.16. The molecule has 0 aliphatic carbocycles. The highest BCUT2D eigenvalue weighted by atomic mass is 19.1. The van der Waals surface area contributed by atoms with Crippen molar-refractivity contribution >= 4 is 5.82 Å². The average Bonchev–Trinajstić information content (AvgIpc) is 2.48. The summed E-state index contributed by atoms with van der Waals surface area (Å²) < 4.78 is 15.2. The number of nitrogens with zero attached hydrogens (tertiary/aromatic N) is 2. The Bertz CT molecular complexity index is 642. The zero-order chi connectivity index (χ0) is 13.4. The molecule has 1 heterocycles. The van der Waals surface area contributed by atoms with Crippen LogP contribution in [0.2, 0.25) is 0 Å². The van der Waals surface area contributed by atoms with Crippen LogP contribution in [0.4, 0.5) is 10.2 Å². The number of aromatic nitrogens is 1. The van der Waals surface area contributed by atoms with Crippen molar-refractivity contribution in [3.8, 4) is 11.8 Å². The Morgan fingerprint density at radius 2 is 1.89 bits per heavy atom. The van der Waals surface area contributed by atoms with E-state index in [-0.39, 0.29) is 5.82 Å². The molecule has 0 saturated heterocycles. The summed E-state index contributed by atoms with van der Waals surface area (Å²) in [6.07, 6.45) is 0. The summed E-state index contributed by atoms with van der Waals surface area (Å²) in [6.45, 7) is 5.53. The lowest BCUT2D eigenvalue weighted by Crippen LogP contribution is -2.03. The summed E-state index contributed by atoms with van der Waals surface area (Å²) in [5.41, 5.74) is 9.56. The maximum absolute atomic E-state index is 13.4. The van der Waals surface area contributed by atoms with Crippen molar-refractivity contribution in [3.63, 3.8) is 0 Å². The van der Waals surface area contributed by atoms with Crippen molar-refractivity contribution in [3.05, 3.63) is 46.4 Å². The number of hydrogen-bond acceptors (Lipinski definition) is 2. The SMILES string of the molecule is Cc1cc(F)cc(-n2c(C)c(C)c(C#N)c2N)c1. The number of benzene rings is 1. The molecule has 1 aromatic heterocycles. The second kappa shape index (κ2) is 4.19. The predicted octanol–water partition coefficient (Wildman–Crippen LogP) is 3.00. The van der Waals surface area contributed by atoms with E-state index in [2.05, 4.69) is 6.07 Å². The standard InChI is InChI=1S/C14H14FN3/c1-8-4-11(15)6-12(5-8)18-10(3)9(2)13(7-16)14(18)17/h4-6H,17H2,1-3H3. The number of anilines is 1. The molecule has 0 fully saturated rings. The molecule has 92 valence electrons. The third-order valence-electron chi connectivity index (χ3n) is 3.15. The van der Waals surface area contributed by atoms with Gasteiger partial charge in [0.15, 0.2) is 0 Å². The van der Waals surface area contributed by atoms with Gasteiger partial charge in [-0.1, -0.05) is 0 Å². The minimum Gasteiger partial charge on any atom is -0.384 e. The minimum atomic E-state index is -0.311. The average molecular weight is 243 g/mol.